The second-order valence-corrected chi connectivity index (χ2v) is 8.71. The fourth-order valence-electron chi connectivity index (χ4n) is 3.67. The number of halogens is 2. The summed E-state index contributed by atoms with van der Waals surface area (Å²) < 4.78 is 16.0. The van der Waals surface area contributed by atoms with Gasteiger partial charge in [0.2, 0.25) is 5.91 Å². The first kappa shape index (κ1) is 24.5. The predicted octanol–water partition coefficient (Wildman–Crippen LogP) is 6.07. The van der Waals surface area contributed by atoms with Crippen LogP contribution in [-0.2, 0) is 16.0 Å². The van der Waals surface area contributed by atoms with E-state index in [2.05, 4.69) is 10.4 Å². The van der Waals surface area contributed by atoms with E-state index in [9.17, 15) is 19.1 Å². The largest absolute Gasteiger partial charge is 0.481 e. The third-order valence-electron chi connectivity index (χ3n) is 5.51. The minimum absolute atomic E-state index is 0.00942. The SMILES string of the molecule is CC[C@H](CC(=O)O)c1ccc(-c2cnn(C(C)C)c2)c(NC(=O)Cc2ccc(Cl)cc2F)c1. The molecule has 0 unspecified atom stereocenters. The van der Waals surface area contributed by atoms with Gasteiger partial charge in [0, 0.05) is 34.1 Å². The molecule has 0 radical (unpaired) electrons. The molecule has 0 saturated heterocycles. The van der Waals surface area contributed by atoms with Crippen LogP contribution >= 0.6 is 11.6 Å². The van der Waals surface area contributed by atoms with E-state index in [-0.39, 0.29) is 35.4 Å². The second kappa shape index (κ2) is 10.6. The maximum atomic E-state index is 14.2. The molecule has 0 fully saturated rings. The number of carbonyl (C=O) groups excluding carboxylic acids is 1. The van der Waals surface area contributed by atoms with E-state index in [4.69, 9.17) is 11.6 Å². The number of carboxylic acid groups (broad SMARTS) is 1. The maximum absolute atomic E-state index is 14.2. The molecule has 33 heavy (non-hydrogen) atoms. The number of aliphatic carboxylic acids is 1. The normalized spacial score (nSPS) is 12.1. The van der Waals surface area contributed by atoms with Crippen LogP contribution in [0.2, 0.25) is 5.02 Å². The molecule has 0 aliphatic heterocycles. The molecule has 1 atom stereocenters. The van der Waals surface area contributed by atoms with Crippen molar-refractivity contribution in [3.8, 4) is 11.1 Å². The van der Waals surface area contributed by atoms with Crippen LogP contribution in [0.4, 0.5) is 10.1 Å². The Morgan fingerprint density at radius 3 is 2.58 bits per heavy atom. The van der Waals surface area contributed by atoms with Gasteiger partial charge >= 0.3 is 5.97 Å². The Morgan fingerprint density at radius 2 is 1.97 bits per heavy atom. The molecule has 1 aromatic heterocycles. The van der Waals surface area contributed by atoms with E-state index in [0.29, 0.717) is 12.1 Å². The van der Waals surface area contributed by atoms with Crippen molar-refractivity contribution in [2.75, 3.05) is 5.32 Å². The van der Waals surface area contributed by atoms with Crippen molar-refractivity contribution in [3.05, 3.63) is 70.8 Å². The van der Waals surface area contributed by atoms with Gasteiger partial charge in [0.15, 0.2) is 0 Å². The van der Waals surface area contributed by atoms with Crippen LogP contribution in [0.1, 0.15) is 56.7 Å². The van der Waals surface area contributed by atoms with Gasteiger partial charge in [-0.3, -0.25) is 14.3 Å². The van der Waals surface area contributed by atoms with Gasteiger partial charge in [-0.1, -0.05) is 36.7 Å². The zero-order valence-corrected chi connectivity index (χ0v) is 19.6. The molecule has 6 nitrogen and oxygen atoms in total. The van der Waals surface area contributed by atoms with Crippen LogP contribution < -0.4 is 5.32 Å². The molecule has 2 N–H and O–H groups in total. The van der Waals surface area contributed by atoms with Gasteiger partial charge in [0.05, 0.1) is 19.0 Å². The first-order valence-corrected chi connectivity index (χ1v) is 11.2. The van der Waals surface area contributed by atoms with E-state index >= 15 is 0 Å². The third kappa shape index (κ3) is 6.20. The summed E-state index contributed by atoms with van der Waals surface area (Å²) in [5.74, 6) is -2.01. The predicted molar refractivity (Wildman–Crippen MR) is 127 cm³/mol. The fourth-order valence-corrected chi connectivity index (χ4v) is 3.83. The van der Waals surface area contributed by atoms with Crippen LogP contribution in [0.15, 0.2) is 48.8 Å². The van der Waals surface area contributed by atoms with E-state index in [0.717, 1.165) is 16.7 Å². The highest BCUT2D eigenvalue weighted by Crippen LogP contribution is 2.34. The minimum Gasteiger partial charge on any atom is -0.481 e. The lowest BCUT2D eigenvalue weighted by Gasteiger charge is -2.17. The van der Waals surface area contributed by atoms with E-state index in [1.807, 2.05) is 43.8 Å². The molecular formula is C25H27ClFN3O3. The summed E-state index contributed by atoms with van der Waals surface area (Å²) in [6.45, 7) is 5.96. The number of hydrogen-bond acceptors (Lipinski definition) is 3. The number of carboxylic acids is 1. The Labute approximate surface area is 197 Å². The van der Waals surface area contributed by atoms with E-state index in [1.54, 1.807) is 12.3 Å². The molecule has 1 heterocycles. The maximum Gasteiger partial charge on any atom is 0.303 e. The first-order valence-electron chi connectivity index (χ1n) is 10.8. The summed E-state index contributed by atoms with van der Waals surface area (Å²) in [5.41, 5.74) is 3.14. The van der Waals surface area contributed by atoms with Gasteiger partial charge < -0.3 is 10.4 Å². The lowest BCUT2D eigenvalue weighted by Crippen LogP contribution is -2.16. The Balaban J connectivity index is 1.96. The highest BCUT2D eigenvalue weighted by atomic mass is 35.5. The molecule has 0 aliphatic rings. The van der Waals surface area contributed by atoms with Crippen molar-refractivity contribution in [2.45, 2.75) is 52.0 Å². The van der Waals surface area contributed by atoms with Crippen LogP contribution in [-0.4, -0.2) is 26.8 Å². The van der Waals surface area contributed by atoms with Crippen LogP contribution in [0.3, 0.4) is 0 Å². The first-order chi connectivity index (χ1) is 15.7. The quantitative estimate of drug-likeness (QED) is 0.396. The number of nitrogens with one attached hydrogen (secondary N) is 1. The van der Waals surface area contributed by atoms with Gasteiger partial charge in [-0.15, -0.1) is 0 Å². The number of benzene rings is 2. The molecular weight excluding hydrogens is 445 g/mol. The number of anilines is 1. The standard InChI is InChI=1S/C25H27ClFN3O3/c1-4-16(11-25(32)33)17-6-8-21(19-13-28-30(14-19)15(2)3)23(9-17)29-24(31)10-18-5-7-20(26)12-22(18)27/h5-9,12-16H,4,10-11H2,1-3H3,(H,29,31)(H,32,33)/t16-/m1/s1. The Morgan fingerprint density at radius 1 is 1.21 bits per heavy atom. The van der Waals surface area contributed by atoms with Crippen molar-refractivity contribution >= 4 is 29.2 Å². The van der Waals surface area contributed by atoms with Crippen molar-refractivity contribution < 1.29 is 19.1 Å². The number of nitrogens with zero attached hydrogens (tertiary/aromatic N) is 2. The molecule has 0 aliphatic carbocycles. The summed E-state index contributed by atoms with van der Waals surface area (Å²) in [6.07, 6.45) is 4.08. The lowest BCUT2D eigenvalue weighted by atomic mass is 9.91. The third-order valence-corrected chi connectivity index (χ3v) is 5.75. The molecule has 3 rings (SSSR count). The van der Waals surface area contributed by atoms with Crippen LogP contribution in [0.5, 0.6) is 0 Å². The van der Waals surface area contributed by atoms with Crippen LogP contribution in [0, 0.1) is 5.82 Å². The highest BCUT2D eigenvalue weighted by Gasteiger charge is 2.18. The summed E-state index contributed by atoms with van der Waals surface area (Å²) in [4.78, 5) is 24.1. The zero-order valence-electron chi connectivity index (χ0n) is 18.8. The van der Waals surface area contributed by atoms with Gasteiger partial charge in [-0.05, 0) is 55.5 Å². The Bertz CT molecular complexity index is 1160. The molecule has 2 aromatic carbocycles. The number of amides is 1. The Hall–Kier alpha value is -3.19. The highest BCUT2D eigenvalue weighted by molar-refractivity contribution is 6.30. The van der Waals surface area contributed by atoms with E-state index in [1.165, 1.54) is 18.2 Å². The average Bonchev–Trinajstić information content (AvgIpc) is 3.24. The van der Waals surface area contributed by atoms with Crippen LogP contribution in [0.25, 0.3) is 11.1 Å². The van der Waals surface area contributed by atoms with Crippen molar-refractivity contribution in [2.24, 2.45) is 0 Å². The average molecular weight is 472 g/mol. The molecule has 0 spiro atoms. The lowest BCUT2D eigenvalue weighted by molar-refractivity contribution is -0.137. The summed E-state index contributed by atoms with van der Waals surface area (Å²) in [6, 6.07) is 9.92. The van der Waals surface area contributed by atoms with Gasteiger partial charge in [-0.25, -0.2) is 4.39 Å². The van der Waals surface area contributed by atoms with E-state index < -0.39 is 17.7 Å². The van der Waals surface area contributed by atoms with Gasteiger partial charge in [0.25, 0.3) is 0 Å². The van der Waals surface area contributed by atoms with Crippen molar-refractivity contribution in [1.29, 1.82) is 0 Å². The summed E-state index contributed by atoms with van der Waals surface area (Å²) >= 11 is 5.80. The second-order valence-electron chi connectivity index (χ2n) is 8.27. The topological polar surface area (TPSA) is 84.2 Å². The number of hydrogen-bond donors (Lipinski definition) is 2. The minimum atomic E-state index is -0.882. The monoisotopic (exact) mass is 471 g/mol. The Kier molecular flexibility index (Phi) is 7.87. The molecule has 174 valence electrons. The smallest absolute Gasteiger partial charge is 0.303 e. The van der Waals surface area contributed by atoms with Gasteiger partial charge in [-0.2, -0.15) is 5.10 Å². The van der Waals surface area contributed by atoms with Gasteiger partial charge in [0.1, 0.15) is 5.82 Å². The molecule has 0 bridgehead atoms. The summed E-state index contributed by atoms with van der Waals surface area (Å²) in [5, 5.41) is 16.8. The zero-order chi connectivity index (χ0) is 24.1. The van der Waals surface area contributed by atoms with Crippen molar-refractivity contribution in [1.82, 2.24) is 9.78 Å². The molecule has 8 heteroatoms. The molecule has 0 saturated carbocycles. The fraction of sp³-hybridized carbons (Fsp3) is 0.320. The number of rotatable bonds is 9. The molecule has 1 amide bonds. The van der Waals surface area contributed by atoms with Crippen molar-refractivity contribution in [3.63, 3.8) is 0 Å². The summed E-state index contributed by atoms with van der Waals surface area (Å²) in [7, 11) is 0. The molecule has 3 aromatic rings. The number of carbonyl (C=O) groups is 2. The number of aromatic nitrogens is 2.